The maximum Gasteiger partial charge on any atom is 0.211 e. The van der Waals surface area contributed by atoms with Gasteiger partial charge in [0.2, 0.25) is 10.0 Å². The normalized spacial score (nSPS) is 24.8. The van der Waals surface area contributed by atoms with E-state index in [1.54, 1.807) is 4.31 Å². The van der Waals surface area contributed by atoms with Gasteiger partial charge in [0, 0.05) is 19.1 Å². The van der Waals surface area contributed by atoms with Gasteiger partial charge in [-0.1, -0.05) is 33.1 Å². The van der Waals surface area contributed by atoms with Crippen molar-refractivity contribution in [1.29, 1.82) is 0 Å². The molecule has 4 nitrogen and oxygen atoms in total. The van der Waals surface area contributed by atoms with Crippen molar-refractivity contribution in [3.8, 4) is 0 Å². The van der Waals surface area contributed by atoms with E-state index < -0.39 is 10.0 Å². The van der Waals surface area contributed by atoms with Gasteiger partial charge in [-0.15, -0.1) is 0 Å². The first kappa shape index (κ1) is 17.9. The van der Waals surface area contributed by atoms with Gasteiger partial charge in [-0.05, 0) is 38.1 Å². The molecule has 1 rings (SSSR count). The molecule has 0 aromatic heterocycles. The van der Waals surface area contributed by atoms with Crippen LogP contribution in [-0.2, 0) is 10.0 Å². The molecule has 2 atom stereocenters. The highest BCUT2D eigenvalue weighted by atomic mass is 32.2. The summed E-state index contributed by atoms with van der Waals surface area (Å²) in [4.78, 5) is 0. The smallest absolute Gasteiger partial charge is 0.211 e. The van der Waals surface area contributed by atoms with Crippen molar-refractivity contribution in [2.45, 2.75) is 64.8 Å². The topological polar surface area (TPSA) is 49.4 Å². The van der Waals surface area contributed by atoms with Crippen LogP contribution in [0, 0.1) is 5.92 Å². The van der Waals surface area contributed by atoms with Gasteiger partial charge in [-0.3, -0.25) is 0 Å². The van der Waals surface area contributed by atoms with E-state index >= 15 is 0 Å². The highest BCUT2D eigenvalue weighted by molar-refractivity contribution is 7.88. The van der Waals surface area contributed by atoms with E-state index in [-0.39, 0.29) is 0 Å². The number of hydrogen-bond donors (Lipinski definition) is 1. The van der Waals surface area contributed by atoms with Crippen LogP contribution in [0.25, 0.3) is 0 Å². The van der Waals surface area contributed by atoms with Crippen molar-refractivity contribution in [1.82, 2.24) is 9.62 Å². The highest BCUT2D eigenvalue weighted by Gasteiger charge is 2.17. The Morgan fingerprint density at radius 2 is 1.90 bits per heavy atom. The minimum atomic E-state index is -3.03. The van der Waals surface area contributed by atoms with Crippen LogP contribution in [0.5, 0.6) is 0 Å². The van der Waals surface area contributed by atoms with Crippen LogP contribution in [0.15, 0.2) is 0 Å². The summed E-state index contributed by atoms with van der Waals surface area (Å²) in [6.07, 6.45) is 10.1. The molecular weight excluding hydrogens is 272 g/mol. The SMILES string of the molecule is CCC1CCCC(NCCCN(CC)S(C)(=O)=O)CC1. The molecule has 0 bridgehead atoms. The van der Waals surface area contributed by atoms with Crippen molar-refractivity contribution in [2.75, 3.05) is 25.9 Å². The molecule has 5 heteroatoms. The molecule has 0 radical (unpaired) electrons. The van der Waals surface area contributed by atoms with Crippen molar-refractivity contribution < 1.29 is 8.42 Å². The van der Waals surface area contributed by atoms with Crippen molar-refractivity contribution in [2.24, 2.45) is 5.92 Å². The quantitative estimate of drug-likeness (QED) is 0.554. The maximum atomic E-state index is 11.5. The highest BCUT2D eigenvalue weighted by Crippen LogP contribution is 2.25. The molecule has 0 aromatic rings. The lowest BCUT2D eigenvalue weighted by Gasteiger charge is -2.20. The monoisotopic (exact) mass is 304 g/mol. The summed E-state index contributed by atoms with van der Waals surface area (Å²) in [5, 5.41) is 3.62. The third kappa shape index (κ3) is 6.55. The third-order valence-electron chi connectivity index (χ3n) is 4.50. The summed E-state index contributed by atoms with van der Waals surface area (Å²) in [5.41, 5.74) is 0. The Morgan fingerprint density at radius 1 is 1.15 bits per heavy atom. The van der Waals surface area contributed by atoms with Crippen LogP contribution >= 0.6 is 0 Å². The van der Waals surface area contributed by atoms with E-state index in [0.717, 1.165) is 18.9 Å². The number of sulfonamides is 1. The predicted molar refractivity (Wildman–Crippen MR) is 85.4 cm³/mol. The first-order valence-electron chi connectivity index (χ1n) is 8.15. The fourth-order valence-electron chi connectivity index (χ4n) is 3.11. The van der Waals surface area contributed by atoms with Crippen LogP contribution in [-0.4, -0.2) is 44.7 Å². The van der Waals surface area contributed by atoms with E-state index in [1.807, 2.05) is 6.92 Å². The number of rotatable bonds is 8. The van der Waals surface area contributed by atoms with Crippen LogP contribution in [0.2, 0.25) is 0 Å². The van der Waals surface area contributed by atoms with Crippen molar-refractivity contribution in [3.05, 3.63) is 0 Å². The van der Waals surface area contributed by atoms with Gasteiger partial charge in [-0.25, -0.2) is 12.7 Å². The lowest BCUT2D eigenvalue weighted by Crippen LogP contribution is -2.34. The Balaban J connectivity index is 2.21. The summed E-state index contributed by atoms with van der Waals surface area (Å²) >= 11 is 0. The average molecular weight is 305 g/mol. The Bertz CT molecular complexity index is 357. The molecule has 0 heterocycles. The number of nitrogens with zero attached hydrogens (tertiary/aromatic N) is 1. The lowest BCUT2D eigenvalue weighted by molar-refractivity contribution is 0.395. The molecule has 1 fully saturated rings. The summed E-state index contributed by atoms with van der Waals surface area (Å²) in [6.45, 7) is 6.31. The fraction of sp³-hybridized carbons (Fsp3) is 1.00. The molecule has 20 heavy (non-hydrogen) atoms. The zero-order valence-electron chi connectivity index (χ0n) is 13.4. The largest absolute Gasteiger partial charge is 0.314 e. The first-order chi connectivity index (χ1) is 9.47. The fourth-order valence-corrected chi connectivity index (χ4v) is 4.04. The second kappa shape index (κ2) is 9.00. The molecule has 120 valence electrons. The van der Waals surface area contributed by atoms with Gasteiger partial charge in [0.25, 0.3) is 0 Å². The van der Waals surface area contributed by atoms with Gasteiger partial charge >= 0.3 is 0 Å². The van der Waals surface area contributed by atoms with Gasteiger partial charge in [0.05, 0.1) is 6.26 Å². The molecular formula is C15H32N2O2S. The zero-order chi connectivity index (χ0) is 15.0. The average Bonchev–Trinajstić information content (AvgIpc) is 2.62. The second-order valence-electron chi connectivity index (χ2n) is 6.04. The number of nitrogens with one attached hydrogen (secondary N) is 1. The van der Waals surface area contributed by atoms with Gasteiger partial charge < -0.3 is 5.32 Å². The lowest BCUT2D eigenvalue weighted by atomic mass is 9.98. The molecule has 1 aliphatic rings. The molecule has 0 aromatic carbocycles. The maximum absolute atomic E-state index is 11.5. The van der Waals surface area contributed by atoms with Gasteiger partial charge in [-0.2, -0.15) is 0 Å². The van der Waals surface area contributed by atoms with Gasteiger partial charge in [0.1, 0.15) is 0 Å². The molecule has 1 N–H and O–H groups in total. The Morgan fingerprint density at radius 3 is 2.50 bits per heavy atom. The Hall–Kier alpha value is -0.130. The molecule has 1 aliphatic carbocycles. The van der Waals surface area contributed by atoms with E-state index in [4.69, 9.17) is 0 Å². The summed E-state index contributed by atoms with van der Waals surface area (Å²) in [6, 6.07) is 0.639. The summed E-state index contributed by atoms with van der Waals surface area (Å²) in [5.74, 6) is 0.919. The molecule has 0 saturated heterocycles. The van der Waals surface area contributed by atoms with Crippen LogP contribution in [0.1, 0.15) is 58.8 Å². The predicted octanol–water partition coefficient (Wildman–Crippen LogP) is 2.61. The van der Waals surface area contributed by atoms with Crippen LogP contribution < -0.4 is 5.32 Å². The van der Waals surface area contributed by atoms with Crippen molar-refractivity contribution >= 4 is 10.0 Å². The first-order valence-corrected chi connectivity index (χ1v) is 10.0. The summed E-state index contributed by atoms with van der Waals surface area (Å²) in [7, 11) is -3.03. The standard InChI is InChI=1S/C15H32N2O2S/c1-4-14-8-6-9-15(11-10-14)16-12-7-13-17(5-2)20(3,18)19/h14-16H,4-13H2,1-3H3. The number of hydrogen-bond acceptors (Lipinski definition) is 3. The van der Waals surface area contributed by atoms with Gasteiger partial charge in [0.15, 0.2) is 0 Å². The van der Waals surface area contributed by atoms with Crippen molar-refractivity contribution in [3.63, 3.8) is 0 Å². The van der Waals surface area contributed by atoms with Crippen LogP contribution in [0.4, 0.5) is 0 Å². The molecule has 2 unspecified atom stereocenters. The van der Waals surface area contributed by atoms with E-state index in [2.05, 4.69) is 12.2 Å². The van der Waals surface area contributed by atoms with Crippen LogP contribution in [0.3, 0.4) is 0 Å². The minimum Gasteiger partial charge on any atom is -0.314 e. The van der Waals surface area contributed by atoms with E-state index in [0.29, 0.717) is 19.1 Å². The third-order valence-corrected chi connectivity index (χ3v) is 5.88. The molecule has 0 spiro atoms. The summed E-state index contributed by atoms with van der Waals surface area (Å²) < 4.78 is 24.5. The Kier molecular flexibility index (Phi) is 8.07. The zero-order valence-corrected chi connectivity index (χ0v) is 14.2. The minimum absolute atomic E-state index is 0.570. The molecule has 1 saturated carbocycles. The second-order valence-corrected chi connectivity index (χ2v) is 8.02. The Labute approximate surface area is 125 Å². The van der Waals surface area contributed by atoms with E-state index in [1.165, 1.54) is 44.8 Å². The molecule has 0 aliphatic heterocycles. The van der Waals surface area contributed by atoms with E-state index in [9.17, 15) is 8.42 Å². The molecule has 0 amide bonds.